The number of aryl methyl sites for hydroxylation is 1. The van der Waals surface area contributed by atoms with Crippen LogP contribution >= 0.6 is 24.0 Å². The quantitative estimate of drug-likeness (QED) is 0.518. The lowest BCUT2D eigenvalue weighted by Crippen LogP contribution is -2.36. The maximum atomic E-state index is 13.5. The van der Waals surface area contributed by atoms with Gasteiger partial charge in [-0.1, -0.05) is 78.9 Å². The van der Waals surface area contributed by atoms with Crippen molar-refractivity contribution < 1.29 is 9.59 Å². The number of amides is 2. The first-order valence-corrected chi connectivity index (χ1v) is 10.9. The predicted octanol–water partition coefficient (Wildman–Crippen LogP) is 4.91. The highest BCUT2D eigenvalue weighted by molar-refractivity contribution is 8.26. The summed E-state index contributed by atoms with van der Waals surface area (Å²) in [6.45, 7) is 6.50. The van der Waals surface area contributed by atoms with E-state index < -0.39 is 0 Å². The van der Waals surface area contributed by atoms with Crippen molar-refractivity contribution in [2.45, 2.75) is 39.8 Å². The number of nitrogens with zero attached hydrogens (tertiary/aromatic N) is 2. The van der Waals surface area contributed by atoms with E-state index in [1.807, 2.05) is 69.3 Å². The largest absolute Gasteiger partial charge is 0.303 e. The van der Waals surface area contributed by atoms with E-state index in [9.17, 15) is 9.59 Å². The summed E-state index contributed by atoms with van der Waals surface area (Å²) in [5.74, 6) is -0.305. The second kappa shape index (κ2) is 7.76. The second-order valence-electron chi connectivity index (χ2n) is 7.40. The Labute approximate surface area is 180 Å². The number of thiocarbonyl (C=S) groups is 1. The van der Waals surface area contributed by atoms with Crippen molar-refractivity contribution in [3.63, 3.8) is 0 Å². The molecule has 4 nitrogen and oxygen atoms in total. The summed E-state index contributed by atoms with van der Waals surface area (Å²) in [5.41, 5.74) is 4.33. The van der Waals surface area contributed by atoms with Gasteiger partial charge in [0.2, 0.25) is 0 Å². The monoisotopic (exact) mass is 422 g/mol. The van der Waals surface area contributed by atoms with E-state index in [2.05, 4.69) is 0 Å². The van der Waals surface area contributed by atoms with Crippen molar-refractivity contribution >= 4 is 51.4 Å². The number of hydrogen-bond acceptors (Lipinski definition) is 4. The molecule has 148 valence electrons. The summed E-state index contributed by atoms with van der Waals surface area (Å²) in [4.78, 5) is 30.4. The minimum atomic E-state index is -0.162. The number of carbonyl (C=O) groups excluding carboxylic acids is 2. The minimum Gasteiger partial charge on any atom is -0.303 e. The Morgan fingerprint density at radius 3 is 2.41 bits per heavy atom. The fraction of sp³-hybridized carbons (Fsp3) is 0.261. The highest BCUT2D eigenvalue weighted by Crippen LogP contribution is 2.45. The number of para-hydroxylation sites is 1. The maximum absolute atomic E-state index is 13.5. The summed E-state index contributed by atoms with van der Waals surface area (Å²) in [7, 11) is 0. The van der Waals surface area contributed by atoms with E-state index >= 15 is 0 Å². The van der Waals surface area contributed by atoms with E-state index in [0.29, 0.717) is 21.3 Å². The van der Waals surface area contributed by atoms with Crippen LogP contribution in [0.1, 0.15) is 37.0 Å². The number of carbonyl (C=O) groups is 2. The molecule has 0 N–H and O–H groups in total. The third-order valence-corrected chi connectivity index (χ3v) is 6.84. The average Bonchev–Trinajstić information content (AvgIpc) is 3.16. The Bertz CT molecular complexity index is 1040. The number of anilines is 1. The van der Waals surface area contributed by atoms with Crippen LogP contribution in [-0.2, 0) is 16.1 Å². The van der Waals surface area contributed by atoms with Crippen LogP contribution in [0.4, 0.5) is 5.69 Å². The Kier molecular flexibility index (Phi) is 5.32. The number of thioether (sulfide) groups is 1. The molecule has 29 heavy (non-hydrogen) atoms. The van der Waals surface area contributed by atoms with Crippen LogP contribution in [0.15, 0.2) is 53.4 Å². The molecule has 0 spiro atoms. The van der Waals surface area contributed by atoms with Gasteiger partial charge in [-0.3, -0.25) is 14.5 Å². The van der Waals surface area contributed by atoms with Crippen molar-refractivity contribution in [3.8, 4) is 0 Å². The zero-order valence-electron chi connectivity index (χ0n) is 16.6. The minimum absolute atomic E-state index is 0.0102. The molecule has 0 bridgehead atoms. The van der Waals surface area contributed by atoms with Gasteiger partial charge in [0.1, 0.15) is 4.32 Å². The Balaban J connectivity index is 1.77. The van der Waals surface area contributed by atoms with Gasteiger partial charge in [0, 0.05) is 11.6 Å². The molecule has 1 unspecified atom stereocenters. The highest BCUT2D eigenvalue weighted by atomic mass is 32.2. The molecule has 6 heteroatoms. The smallest absolute Gasteiger partial charge is 0.267 e. The third-order valence-electron chi connectivity index (χ3n) is 5.44. The standard InChI is InChI=1S/C23H22N2O2S2/c1-4-15(3)25-22(27)20(29-23(25)28)19-17-7-5-6-8-18(17)24(21(19)26)13-16-11-9-14(2)10-12-16/h5-12,15H,4,13H2,1-3H3/b20-19+. The van der Waals surface area contributed by atoms with Gasteiger partial charge in [0.15, 0.2) is 0 Å². The first kappa shape index (κ1) is 19.9. The number of hydrogen-bond donors (Lipinski definition) is 0. The highest BCUT2D eigenvalue weighted by Gasteiger charge is 2.42. The van der Waals surface area contributed by atoms with Crippen molar-refractivity contribution in [2.75, 3.05) is 4.90 Å². The lowest BCUT2D eigenvalue weighted by molar-refractivity contribution is -0.123. The third kappa shape index (κ3) is 3.40. The van der Waals surface area contributed by atoms with Crippen molar-refractivity contribution in [2.24, 2.45) is 0 Å². The van der Waals surface area contributed by atoms with Crippen LogP contribution in [0.25, 0.3) is 5.57 Å². The molecule has 2 amide bonds. The molecule has 2 aliphatic heterocycles. The van der Waals surface area contributed by atoms with E-state index in [4.69, 9.17) is 12.2 Å². The molecule has 0 radical (unpaired) electrons. The van der Waals surface area contributed by atoms with E-state index in [1.165, 1.54) is 17.3 Å². The van der Waals surface area contributed by atoms with Crippen LogP contribution in [0.3, 0.4) is 0 Å². The van der Waals surface area contributed by atoms with Crippen LogP contribution in [0.2, 0.25) is 0 Å². The molecule has 0 aliphatic carbocycles. The van der Waals surface area contributed by atoms with Gasteiger partial charge >= 0.3 is 0 Å². The number of benzene rings is 2. The summed E-state index contributed by atoms with van der Waals surface area (Å²) in [6, 6.07) is 15.8. The summed E-state index contributed by atoms with van der Waals surface area (Å²) in [5, 5.41) is 0. The molecule has 2 aromatic carbocycles. The SMILES string of the molecule is CCC(C)N1C(=O)/C(=C2\C(=O)N(Cc3ccc(C)cc3)c3ccccc32)SC1=S. The van der Waals surface area contributed by atoms with Gasteiger partial charge in [-0.2, -0.15) is 0 Å². The average molecular weight is 423 g/mol. The lowest BCUT2D eigenvalue weighted by atomic mass is 10.1. The zero-order valence-corrected chi connectivity index (χ0v) is 18.3. The molecular weight excluding hydrogens is 400 g/mol. The van der Waals surface area contributed by atoms with Crippen LogP contribution in [-0.4, -0.2) is 27.1 Å². The van der Waals surface area contributed by atoms with Gasteiger partial charge in [0.25, 0.3) is 11.8 Å². The Hall–Kier alpha value is -2.44. The molecule has 1 saturated heterocycles. The van der Waals surface area contributed by atoms with Crippen LogP contribution in [0.5, 0.6) is 0 Å². The van der Waals surface area contributed by atoms with E-state index in [0.717, 1.165) is 23.2 Å². The van der Waals surface area contributed by atoms with Crippen molar-refractivity contribution in [3.05, 3.63) is 70.1 Å². The lowest BCUT2D eigenvalue weighted by Gasteiger charge is -2.21. The zero-order chi connectivity index (χ0) is 20.7. The molecule has 1 fully saturated rings. The first-order chi connectivity index (χ1) is 13.9. The predicted molar refractivity (Wildman–Crippen MR) is 123 cm³/mol. The van der Waals surface area contributed by atoms with Crippen LogP contribution < -0.4 is 4.90 Å². The molecule has 4 rings (SSSR count). The summed E-state index contributed by atoms with van der Waals surface area (Å²) in [6.07, 6.45) is 0.805. The van der Waals surface area contributed by atoms with Gasteiger partial charge in [0.05, 0.1) is 22.7 Å². The van der Waals surface area contributed by atoms with Gasteiger partial charge < -0.3 is 4.90 Å². The van der Waals surface area contributed by atoms with Gasteiger partial charge in [-0.15, -0.1) is 0 Å². The molecule has 2 heterocycles. The maximum Gasteiger partial charge on any atom is 0.267 e. The second-order valence-corrected chi connectivity index (χ2v) is 9.04. The normalized spacial score (nSPS) is 19.9. The first-order valence-electron chi connectivity index (χ1n) is 9.68. The Morgan fingerprint density at radius 1 is 1.03 bits per heavy atom. The molecule has 2 aliphatic rings. The molecule has 0 saturated carbocycles. The van der Waals surface area contributed by atoms with Crippen molar-refractivity contribution in [1.29, 1.82) is 0 Å². The molecule has 2 aromatic rings. The van der Waals surface area contributed by atoms with Gasteiger partial charge in [-0.05, 0) is 31.9 Å². The fourth-order valence-corrected chi connectivity index (χ4v) is 5.16. The molecule has 1 atom stereocenters. The summed E-state index contributed by atoms with van der Waals surface area (Å²) >= 11 is 6.71. The van der Waals surface area contributed by atoms with Gasteiger partial charge in [-0.25, -0.2) is 0 Å². The van der Waals surface area contributed by atoms with Crippen molar-refractivity contribution in [1.82, 2.24) is 4.90 Å². The molecule has 0 aromatic heterocycles. The van der Waals surface area contributed by atoms with Crippen LogP contribution in [0, 0.1) is 6.92 Å². The topological polar surface area (TPSA) is 40.6 Å². The number of rotatable bonds is 4. The van der Waals surface area contributed by atoms with E-state index in [-0.39, 0.29) is 17.9 Å². The van der Waals surface area contributed by atoms with E-state index in [1.54, 1.807) is 9.80 Å². The molecular formula is C23H22N2O2S2. The Morgan fingerprint density at radius 2 is 1.72 bits per heavy atom. The summed E-state index contributed by atoms with van der Waals surface area (Å²) < 4.78 is 0.522. The fourth-order valence-electron chi connectivity index (χ4n) is 3.63. The number of fused-ring (bicyclic) bond motifs is 1.